The molecule has 0 saturated carbocycles. The molecule has 2 aromatic carbocycles. The lowest BCUT2D eigenvalue weighted by Crippen LogP contribution is -2.54. The molecule has 1 aliphatic rings. The fourth-order valence-corrected chi connectivity index (χ4v) is 6.58. The Labute approximate surface area is 260 Å². The number of sulfone groups is 1. The summed E-state index contributed by atoms with van der Waals surface area (Å²) >= 11 is 0. The van der Waals surface area contributed by atoms with Crippen LogP contribution in [0.1, 0.15) is 25.0 Å². The van der Waals surface area contributed by atoms with Crippen molar-refractivity contribution in [2.24, 2.45) is 0 Å². The largest absolute Gasteiger partial charge is 0.417 e. The van der Waals surface area contributed by atoms with Crippen molar-refractivity contribution in [3.63, 3.8) is 0 Å². The van der Waals surface area contributed by atoms with Gasteiger partial charge in [-0.1, -0.05) is 25.6 Å². The number of rotatable bonds is 6. The van der Waals surface area contributed by atoms with Gasteiger partial charge in [0, 0.05) is 37.5 Å². The monoisotopic (exact) mass is 661 g/mol. The highest BCUT2D eigenvalue weighted by Crippen LogP contribution is 2.39. The number of carbonyl (C=O) groups is 1. The molecule has 46 heavy (non-hydrogen) atoms. The predicted molar refractivity (Wildman–Crippen MR) is 162 cm³/mol. The molecule has 9 nitrogen and oxygen atoms in total. The average Bonchev–Trinajstić information content (AvgIpc) is 2.99. The zero-order valence-electron chi connectivity index (χ0n) is 24.9. The van der Waals surface area contributed by atoms with Crippen LogP contribution in [0.4, 0.5) is 27.8 Å². The second kappa shape index (κ2) is 11.9. The average molecular weight is 662 g/mol. The van der Waals surface area contributed by atoms with Gasteiger partial charge < -0.3 is 9.80 Å². The number of nitrogens with zero attached hydrogens (tertiary/aromatic N) is 5. The lowest BCUT2D eigenvalue weighted by atomic mass is 10.0. The Bertz CT molecular complexity index is 2060. The maximum atomic E-state index is 16.0. The van der Waals surface area contributed by atoms with Crippen molar-refractivity contribution in [3.8, 4) is 16.9 Å². The molecule has 3 heterocycles. The SMILES string of the molecule is C=CC(=O)N1CCN(c2nc(=O)n(-c3c(CC)cccc3S(C)(=O)=O)c3nc(-c4ccc(F)cc4C(F)(F)F)c(F)cc23)[C@@H](C)C1. The Kier molecular flexibility index (Phi) is 8.49. The van der Waals surface area contributed by atoms with Gasteiger partial charge in [0.2, 0.25) is 5.91 Å². The zero-order chi connectivity index (χ0) is 33.7. The van der Waals surface area contributed by atoms with E-state index in [0.717, 1.165) is 35.1 Å². The molecule has 0 spiro atoms. The van der Waals surface area contributed by atoms with Gasteiger partial charge >= 0.3 is 11.9 Å². The first-order valence-electron chi connectivity index (χ1n) is 14.1. The fraction of sp³-hybridized carbons (Fsp3) is 0.290. The van der Waals surface area contributed by atoms with Crippen LogP contribution < -0.4 is 10.6 Å². The number of benzene rings is 2. The molecule has 242 valence electrons. The van der Waals surface area contributed by atoms with Crippen LogP contribution in [0.15, 0.2) is 64.8 Å². The number of para-hydroxylation sites is 1. The Hall–Kier alpha value is -4.66. The van der Waals surface area contributed by atoms with E-state index in [-0.39, 0.29) is 65.5 Å². The molecule has 1 saturated heterocycles. The van der Waals surface area contributed by atoms with Crippen molar-refractivity contribution in [3.05, 3.63) is 88.4 Å². The fourth-order valence-electron chi connectivity index (χ4n) is 5.68. The quantitative estimate of drug-likeness (QED) is 0.213. The second-order valence-electron chi connectivity index (χ2n) is 10.9. The van der Waals surface area contributed by atoms with Gasteiger partial charge in [-0.3, -0.25) is 4.79 Å². The van der Waals surface area contributed by atoms with Crippen molar-refractivity contribution in [1.29, 1.82) is 0 Å². The molecule has 0 radical (unpaired) electrons. The third kappa shape index (κ3) is 5.86. The standard InChI is InChI=1S/C31H28F5N5O4S/c1-5-18-8-7-9-24(46(4,44)45)27(18)41-29-21(28(38-30(41)43)40-13-12-39(16-17(40)3)25(42)6-2)15-23(33)26(37-29)20-11-10-19(32)14-22(20)31(34,35)36/h6-11,14-15,17H,2,5,12-13,16H2,1,3-4H3/t17-/m0/s1. The summed E-state index contributed by atoms with van der Waals surface area (Å²) in [5.41, 5.74) is -4.27. The molecule has 0 unspecified atom stereocenters. The topological polar surface area (TPSA) is 105 Å². The van der Waals surface area contributed by atoms with E-state index in [9.17, 15) is 35.6 Å². The van der Waals surface area contributed by atoms with Gasteiger partial charge in [0.05, 0.1) is 21.5 Å². The second-order valence-corrected chi connectivity index (χ2v) is 12.8. The summed E-state index contributed by atoms with van der Waals surface area (Å²) in [6.45, 7) is 7.46. The Morgan fingerprint density at radius 3 is 2.43 bits per heavy atom. The van der Waals surface area contributed by atoms with E-state index in [1.807, 2.05) is 0 Å². The van der Waals surface area contributed by atoms with Crippen LogP contribution in [0, 0.1) is 11.6 Å². The van der Waals surface area contributed by atoms with Gasteiger partial charge in [-0.05, 0) is 55.3 Å². The van der Waals surface area contributed by atoms with Crippen LogP contribution in [0.3, 0.4) is 0 Å². The molecule has 0 N–H and O–H groups in total. The van der Waals surface area contributed by atoms with Crippen LogP contribution in [0.2, 0.25) is 0 Å². The molecular weight excluding hydrogens is 633 g/mol. The summed E-state index contributed by atoms with van der Waals surface area (Å²) in [5, 5.41) is -0.0998. The number of carbonyl (C=O) groups excluding carboxylic acids is 1. The van der Waals surface area contributed by atoms with Gasteiger partial charge in [-0.15, -0.1) is 0 Å². The van der Waals surface area contributed by atoms with Crippen LogP contribution in [0.5, 0.6) is 0 Å². The molecule has 1 atom stereocenters. The molecular formula is C31H28F5N5O4S. The van der Waals surface area contributed by atoms with Crippen molar-refractivity contribution >= 4 is 32.6 Å². The van der Waals surface area contributed by atoms with Crippen LogP contribution >= 0.6 is 0 Å². The summed E-state index contributed by atoms with van der Waals surface area (Å²) in [5.74, 6) is -2.81. The number of amides is 1. The smallest absolute Gasteiger partial charge is 0.350 e. The number of pyridine rings is 1. The van der Waals surface area contributed by atoms with Gasteiger partial charge in [0.25, 0.3) is 0 Å². The van der Waals surface area contributed by atoms with E-state index in [4.69, 9.17) is 0 Å². The lowest BCUT2D eigenvalue weighted by molar-refractivity contribution is -0.137. The van der Waals surface area contributed by atoms with Crippen molar-refractivity contribution < 1.29 is 35.2 Å². The number of aryl methyl sites for hydroxylation is 1. The van der Waals surface area contributed by atoms with Crippen molar-refractivity contribution in [2.45, 2.75) is 37.4 Å². The van der Waals surface area contributed by atoms with Crippen LogP contribution in [-0.4, -0.2) is 65.7 Å². The summed E-state index contributed by atoms with van der Waals surface area (Å²) < 4.78 is 98.7. The molecule has 4 aromatic rings. The molecule has 2 aromatic heterocycles. The number of hydrogen-bond donors (Lipinski definition) is 0. The van der Waals surface area contributed by atoms with E-state index in [1.165, 1.54) is 17.0 Å². The highest BCUT2D eigenvalue weighted by atomic mass is 32.2. The van der Waals surface area contributed by atoms with Crippen LogP contribution in [0.25, 0.3) is 28.0 Å². The number of halogens is 5. The number of alkyl halides is 3. The lowest BCUT2D eigenvalue weighted by Gasteiger charge is -2.40. The molecule has 0 aliphatic carbocycles. The predicted octanol–water partition coefficient (Wildman–Crippen LogP) is 4.93. The highest BCUT2D eigenvalue weighted by Gasteiger charge is 2.36. The van der Waals surface area contributed by atoms with Gasteiger partial charge in [-0.2, -0.15) is 18.2 Å². The first kappa shape index (κ1) is 32.7. The first-order chi connectivity index (χ1) is 21.6. The van der Waals surface area contributed by atoms with E-state index in [0.29, 0.717) is 5.56 Å². The number of piperazine rings is 1. The maximum Gasteiger partial charge on any atom is 0.417 e. The van der Waals surface area contributed by atoms with Gasteiger partial charge in [-0.25, -0.2) is 31.5 Å². The van der Waals surface area contributed by atoms with E-state index >= 15 is 4.39 Å². The first-order valence-corrected chi connectivity index (χ1v) is 16.0. The molecule has 1 amide bonds. The Morgan fingerprint density at radius 1 is 1.11 bits per heavy atom. The van der Waals surface area contributed by atoms with E-state index in [2.05, 4.69) is 16.5 Å². The molecule has 1 fully saturated rings. The summed E-state index contributed by atoms with van der Waals surface area (Å²) in [7, 11) is -3.99. The third-order valence-corrected chi connectivity index (χ3v) is 8.94. The van der Waals surface area contributed by atoms with Gasteiger partial charge in [0.15, 0.2) is 15.5 Å². The van der Waals surface area contributed by atoms with Crippen molar-refractivity contribution in [1.82, 2.24) is 19.4 Å². The molecule has 0 bridgehead atoms. The van der Waals surface area contributed by atoms with E-state index in [1.54, 1.807) is 24.8 Å². The maximum absolute atomic E-state index is 16.0. The summed E-state index contributed by atoms with van der Waals surface area (Å²) in [6, 6.07) is 6.40. The number of aromatic nitrogens is 3. The highest BCUT2D eigenvalue weighted by molar-refractivity contribution is 7.90. The molecule has 5 rings (SSSR count). The van der Waals surface area contributed by atoms with E-state index < -0.39 is 56.2 Å². The molecule has 1 aliphatic heterocycles. The minimum Gasteiger partial charge on any atom is -0.350 e. The van der Waals surface area contributed by atoms with Crippen molar-refractivity contribution in [2.75, 3.05) is 30.8 Å². The number of fused-ring (bicyclic) bond motifs is 1. The minimum atomic E-state index is -5.10. The normalized spacial score (nSPS) is 15.8. The molecule has 15 heteroatoms. The van der Waals surface area contributed by atoms with Gasteiger partial charge in [0.1, 0.15) is 23.1 Å². The van der Waals surface area contributed by atoms with Crippen LogP contribution in [-0.2, 0) is 27.2 Å². The summed E-state index contributed by atoms with van der Waals surface area (Å²) in [6.07, 6.45) is -2.78. The minimum absolute atomic E-state index is 0.0579. The third-order valence-electron chi connectivity index (χ3n) is 7.82. The number of anilines is 1. The summed E-state index contributed by atoms with van der Waals surface area (Å²) in [4.78, 5) is 37.6. The Balaban J connectivity index is 1.89. The zero-order valence-corrected chi connectivity index (χ0v) is 25.7. The Morgan fingerprint density at radius 2 is 1.83 bits per heavy atom. The number of hydrogen-bond acceptors (Lipinski definition) is 7.